The molecule has 3 rings (SSSR count). The fourth-order valence-electron chi connectivity index (χ4n) is 3.35. The Hall–Kier alpha value is -0.940. The minimum absolute atomic E-state index is 0.0791. The molecule has 0 radical (unpaired) electrons. The predicted molar refractivity (Wildman–Crippen MR) is 65.0 cm³/mol. The van der Waals surface area contributed by atoms with Gasteiger partial charge < -0.3 is 10.1 Å². The molecule has 18 heavy (non-hydrogen) atoms. The van der Waals surface area contributed by atoms with Gasteiger partial charge in [-0.3, -0.25) is 14.5 Å². The van der Waals surface area contributed by atoms with Crippen LogP contribution in [0.15, 0.2) is 0 Å². The van der Waals surface area contributed by atoms with Gasteiger partial charge in [-0.1, -0.05) is 0 Å². The maximum Gasteiger partial charge on any atom is 0.224 e. The zero-order valence-corrected chi connectivity index (χ0v) is 10.6. The van der Waals surface area contributed by atoms with Crippen molar-refractivity contribution >= 4 is 11.7 Å². The molecule has 3 saturated heterocycles. The second kappa shape index (κ2) is 4.97. The number of rotatable bonds is 3. The highest BCUT2D eigenvalue weighted by atomic mass is 16.5. The minimum atomic E-state index is 0.0791. The number of nitrogens with zero attached hydrogens (tertiary/aromatic N) is 1. The van der Waals surface area contributed by atoms with E-state index >= 15 is 0 Å². The highest BCUT2D eigenvalue weighted by molar-refractivity contribution is 5.84. The summed E-state index contributed by atoms with van der Waals surface area (Å²) in [5, 5.41) is 2.92. The van der Waals surface area contributed by atoms with Crippen molar-refractivity contribution in [3.8, 4) is 0 Å². The lowest BCUT2D eigenvalue weighted by molar-refractivity contribution is -0.128. The molecule has 0 saturated carbocycles. The topological polar surface area (TPSA) is 58.6 Å². The molecule has 5 nitrogen and oxygen atoms in total. The van der Waals surface area contributed by atoms with Crippen LogP contribution in [0.3, 0.4) is 0 Å². The van der Waals surface area contributed by atoms with Crippen molar-refractivity contribution in [3.63, 3.8) is 0 Å². The van der Waals surface area contributed by atoms with Crippen LogP contribution >= 0.6 is 0 Å². The third kappa shape index (κ3) is 2.17. The molecule has 3 atom stereocenters. The van der Waals surface area contributed by atoms with E-state index in [1.165, 1.54) is 0 Å². The summed E-state index contributed by atoms with van der Waals surface area (Å²) >= 11 is 0. The first kappa shape index (κ1) is 12.1. The van der Waals surface area contributed by atoms with Crippen LogP contribution in [-0.2, 0) is 14.3 Å². The molecular formula is C13H20N2O3. The van der Waals surface area contributed by atoms with Crippen molar-refractivity contribution in [1.29, 1.82) is 0 Å². The SMILES string of the molecule is O=C(CN1CCCC2C(=O)NCC21)C1CCOC1. The second-order valence-electron chi connectivity index (χ2n) is 5.56. The maximum atomic E-state index is 12.2. The van der Waals surface area contributed by atoms with Crippen LogP contribution in [0.4, 0.5) is 0 Å². The fraction of sp³-hybridized carbons (Fsp3) is 0.846. The van der Waals surface area contributed by atoms with Gasteiger partial charge in [0.2, 0.25) is 5.91 Å². The van der Waals surface area contributed by atoms with Crippen LogP contribution in [0.2, 0.25) is 0 Å². The van der Waals surface area contributed by atoms with E-state index in [2.05, 4.69) is 10.2 Å². The van der Waals surface area contributed by atoms with Crippen LogP contribution in [-0.4, -0.2) is 55.5 Å². The van der Waals surface area contributed by atoms with Gasteiger partial charge in [-0.2, -0.15) is 0 Å². The van der Waals surface area contributed by atoms with Crippen LogP contribution in [0.25, 0.3) is 0 Å². The highest BCUT2D eigenvalue weighted by Crippen LogP contribution is 2.27. The first-order valence-corrected chi connectivity index (χ1v) is 6.88. The third-order valence-corrected chi connectivity index (χ3v) is 4.46. The molecule has 3 aliphatic rings. The number of hydrogen-bond acceptors (Lipinski definition) is 4. The average molecular weight is 252 g/mol. The summed E-state index contributed by atoms with van der Waals surface area (Å²) in [7, 11) is 0. The van der Waals surface area contributed by atoms with Gasteiger partial charge in [0.25, 0.3) is 0 Å². The largest absolute Gasteiger partial charge is 0.381 e. The quantitative estimate of drug-likeness (QED) is 0.756. The van der Waals surface area contributed by atoms with Crippen molar-refractivity contribution in [2.45, 2.75) is 25.3 Å². The molecule has 0 bridgehead atoms. The standard InChI is InChI=1S/C13H20N2O3/c16-12(9-3-5-18-8-9)7-15-4-1-2-10-11(15)6-14-13(10)17/h9-11H,1-8H2,(H,14,17). The van der Waals surface area contributed by atoms with Crippen molar-refractivity contribution in [1.82, 2.24) is 10.2 Å². The summed E-state index contributed by atoms with van der Waals surface area (Å²) in [4.78, 5) is 26.0. The lowest BCUT2D eigenvalue weighted by atomic mass is 9.90. The molecule has 1 N–H and O–H groups in total. The van der Waals surface area contributed by atoms with E-state index in [0.29, 0.717) is 26.3 Å². The number of hydrogen-bond donors (Lipinski definition) is 1. The lowest BCUT2D eigenvalue weighted by Gasteiger charge is -2.35. The normalized spacial score (nSPS) is 36.4. The van der Waals surface area contributed by atoms with Crippen LogP contribution in [0, 0.1) is 11.8 Å². The van der Waals surface area contributed by atoms with E-state index in [1.54, 1.807) is 0 Å². The van der Waals surface area contributed by atoms with E-state index in [-0.39, 0.29) is 29.6 Å². The second-order valence-corrected chi connectivity index (χ2v) is 5.56. The fourth-order valence-corrected chi connectivity index (χ4v) is 3.35. The molecule has 3 aliphatic heterocycles. The number of fused-ring (bicyclic) bond motifs is 1. The number of ether oxygens (including phenoxy) is 1. The number of amides is 1. The summed E-state index contributed by atoms with van der Waals surface area (Å²) in [5.41, 5.74) is 0. The van der Waals surface area contributed by atoms with Gasteiger partial charge in [-0.25, -0.2) is 0 Å². The van der Waals surface area contributed by atoms with Crippen molar-refractivity contribution in [2.75, 3.05) is 32.8 Å². The van der Waals surface area contributed by atoms with Gasteiger partial charge >= 0.3 is 0 Å². The summed E-state index contributed by atoms with van der Waals surface area (Å²) < 4.78 is 5.27. The number of likely N-dealkylation sites (tertiary alicyclic amines) is 1. The number of Topliss-reactive ketones (excluding diaryl/α,β-unsaturated/α-hetero) is 1. The monoisotopic (exact) mass is 252 g/mol. The highest BCUT2D eigenvalue weighted by Gasteiger charge is 2.41. The van der Waals surface area contributed by atoms with Crippen LogP contribution in [0.1, 0.15) is 19.3 Å². The molecule has 3 heterocycles. The first-order chi connectivity index (χ1) is 8.75. The molecule has 0 aromatic rings. The zero-order valence-electron chi connectivity index (χ0n) is 10.6. The van der Waals surface area contributed by atoms with Gasteiger partial charge in [0.1, 0.15) is 0 Å². The van der Waals surface area contributed by atoms with Gasteiger partial charge in [-0.15, -0.1) is 0 Å². The average Bonchev–Trinajstić information content (AvgIpc) is 3.00. The third-order valence-electron chi connectivity index (χ3n) is 4.46. The van der Waals surface area contributed by atoms with Crippen molar-refractivity contribution < 1.29 is 14.3 Å². The minimum Gasteiger partial charge on any atom is -0.381 e. The van der Waals surface area contributed by atoms with E-state index < -0.39 is 0 Å². The van der Waals surface area contributed by atoms with E-state index in [0.717, 1.165) is 25.8 Å². The molecule has 3 fully saturated rings. The van der Waals surface area contributed by atoms with Gasteiger partial charge in [-0.05, 0) is 25.8 Å². The molecule has 3 unspecified atom stereocenters. The number of nitrogens with one attached hydrogen (secondary N) is 1. The zero-order chi connectivity index (χ0) is 12.5. The predicted octanol–water partition coefficient (Wildman–Crippen LogP) is -0.198. The lowest BCUT2D eigenvalue weighted by Crippen LogP contribution is -2.48. The van der Waals surface area contributed by atoms with Crippen molar-refractivity contribution in [3.05, 3.63) is 0 Å². The van der Waals surface area contributed by atoms with Crippen LogP contribution in [0.5, 0.6) is 0 Å². The first-order valence-electron chi connectivity index (χ1n) is 6.88. The van der Waals surface area contributed by atoms with Gasteiger partial charge in [0.15, 0.2) is 5.78 Å². The summed E-state index contributed by atoms with van der Waals surface area (Å²) in [6.45, 7) is 3.43. The molecular weight excluding hydrogens is 232 g/mol. The summed E-state index contributed by atoms with van der Waals surface area (Å²) in [5.74, 6) is 0.635. The van der Waals surface area contributed by atoms with Gasteiger partial charge in [0.05, 0.1) is 19.1 Å². The molecule has 100 valence electrons. The Morgan fingerprint density at radius 3 is 3.11 bits per heavy atom. The Labute approximate surface area is 107 Å². The number of piperidine rings is 1. The van der Waals surface area contributed by atoms with Crippen molar-refractivity contribution in [2.24, 2.45) is 11.8 Å². The Morgan fingerprint density at radius 1 is 1.44 bits per heavy atom. The summed E-state index contributed by atoms with van der Waals surface area (Å²) in [6, 6.07) is 0.234. The Kier molecular flexibility index (Phi) is 3.35. The Balaban J connectivity index is 1.61. The maximum absolute atomic E-state index is 12.2. The molecule has 1 amide bonds. The van der Waals surface area contributed by atoms with Crippen LogP contribution < -0.4 is 5.32 Å². The molecule has 0 spiro atoms. The number of carbonyl (C=O) groups excluding carboxylic acids is 2. The smallest absolute Gasteiger partial charge is 0.224 e. The molecule has 0 aliphatic carbocycles. The van der Waals surface area contributed by atoms with E-state index in [1.807, 2.05) is 0 Å². The molecule has 5 heteroatoms. The molecule has 0 aromatic heterocycles. The van der Waals surface area contributed by atoms with E-state index in [4.69, 9.17) is 4.74 Å². The number of ketones is 1. The molecule has 0 aromatic carbocycles. The van der Waals surface area contributed by atoms with E-state index in [9.17, 15) is 9.59 Å². The Morgan fingerprint density at radius 2 is 2.33 bits per heavy atom. The summed E-state index contributed by atoms with van der Waals surface area (Å²) in [6.07, 6.45) is 2.84. The number of carbonyl (C=O) groups is 2. The van der Waals surface area contributed by atoms with Gasteiger partial charge in [0, 0.05) is 25.1 Å². The Bertz CT molecular complexity index is 352.